The van der Waals surface area contributed by atoms with Crippen molar-refractivity contribution in [1.29, 1.82) is 0 Å². The van der Waals surface area contributed by atoms with Crippen LogP contribution in [0.4, 0.5) is 4.79 Å². The number of H-pyrrole nitrogens is 2. The van der Waals surface area contributed by atoms with Gasteiger partial charge in [-0.05, 0) is 59.8 Å². The Morgan fingerprint density at radius 1 is 0.690 bits per heavy atom. The molecule has 2 saturated heterocycles. The number of hydrogen-bond donors (Lipinski definition) is 5. The van der Waals surface area contributed by atoms with Crippen molar-refractivity contribution in [3.63, 3.8) is 0 Å². The van der Waals surface area contributed by atoms with Gasteiger partial charge in [0.2, 0.25) is 17.7 Å². The molecule has 0 bridgehead atoms. The number of alkyl carbamates (subject to hydrolysis) is 1. The van der Waals surface area contributed by atoms with E-state index in [2.05, 4.69) is 54.8 Å². The van der Waals surface area contributed by atoms with Crippen molar-refractivity contribution >= 4 is 77.8 Å². The second-order valence-corrected chi connectivity index (χ2v) is 14.7. The van der Waals surface area contributed by atoms with Crippen LogP contribution in [0.3, 0.4) is 0 Å². The van der Waals surface area contributed by atoms with Gasteiger partial charge in [0, 0.05) is 13.1 Å². The van der Waals surface area contributed by atoms with Crippen LogP contribution in [0, 0.1) is 11.8 Å². The van der Waals surface area contributed by atoms with E-state index >= 15 is 0 Å². The highest BCUT2D eigenvalue weighted by Crippen LogP contribution is 2.35. The Morgan fingerprint density at radius 3 is 1.43 bits per heavy atom. The maximum Gasteiger partial charge on any atom is 0.407 e. The van der Waals surface area contributed by atoms with E-state index in [0.29, 0.717) is 18.9 Å². The Kier molecular flexibility index (Phi) is 19.3. The van der Waals surface area contributed by atoms with Crippen molar-refractivity contribution in [3.05, 3.63) is 72.6 Å². The molecule has 18 heteroatoms. The first kappa shape index (κ1) is 50.0. The number of aromatic nitrogens is 4. The molecule has 4 heterocycles. The van der Waals surface area contributed by atoms with Crippen LogP contribution in [0.25, 0.3) is 33.6 Å². The molecule has 0 aliphatic carbocycles. The summed E-state index contributed by atoms with van der Waals surface area (Å²) >= 11 is 0. The van der Waals surface area contributed by atoms with Crippen LogP contribution < -0.4 is 10.6 Å². The number of hydrogen-bond acceptors (Lipinski definition) is 8. The molecule has 2 aliphatic heterocycles. The third-order valence-corrected chi connectivity index (χ3v) is 10.4. The average Bonchev–Trinajstić information content (AvgIpc) is 4.02. The molecule has 4 atom stereocenters. The van der Waals surface area contributed by atoms with Gasteiger partial charge in [0.1, 0.15) is 30.3 Å². The van der Waals surface area contributed by atoms with Crippen molar-refractivity contribution in [3.8, 4) is 33.6 Å². The van der Waals surface area contributed by atoms with Gasteiger partial charge in [0.05, 0.1) is 43.0 Å². The molecule has 4 aromatic rings. The number of aromatic amines is 2. The van der Waals surface area contributed by atoms with E-state index in [4.69, 9.17) is 4.74 Å². The standard InChI is InChI=1S/C40H50N8O6.4H2S/c1-23(2)34(45-33(50)22-49)38(51)47-18-6-8-31(47)36-41-20-29(43-36)27-14-10-25(11-15-27)26-12-16-28(17-13-26)30-21-42-37(44-30)32-9-7-19-48(32)39(52)35(24(3)4)46-40(53)54-5;;;;/h10-17,20-21,23-24,31-32,34-35,49H,6-9,18-19,22H2,1-5H3,(H,41,43)(H,42,44)(H,45,50)(H,46,53);4*1H2/t31-,32-,34-,35-;;;;/m0..../s1. The predicted octanol–water partition coefficient (Wildman–Crippen LogP) is 5.43. The van der Waals surface area contributed by atoms with E-state index in [1.54, 1.807) is 22.2 Å². The molecule has 5 N–H and O–H groups in total. The lowest BCUT2D eigenvalue weighted by molar-refractivity contribution is -0.139. The van der Waals surface area contributed by atoms with Crippen LogP contribution in [0.15, 0.2) is 60.9 Å². The highest BCUT2D eigenvalue weighted by molar-refractivity contribution is 7.59. The molecule has 0 spiro atoms. The number of amides is 4. The van der Waals surface area contributed by atoms with Crippen molar-refractivity contribution in [2.24, 2.45) is 11.8 Å². The minimum atomic E-state index is -0.722. The zero-order valence-electron chi connectivity index (χ0n) is 33.5. The smallest absolute Gasteiger partial charge is 0.407 e. The lowest BCUT2D eigenvalue weighted by Crippen LogP contribution is -2.51. The molecular weight excluding hydrogens is 817 g/mol. The van der Waals surface area contributed by atoms with Gasteiger partial charge >= 0.3 is 6.09 Å². The van der Waals surface area contributed by atoms with Gasteiger partial charge in [-0.1, -0.05) is 76.2 Å². The van der Waals surface area contributed by atoms with Gasteiger partial charge < -0.3 is 40.2 Å². The van der Waals surface area contributed by atoms with Crippen LogP contribution in [0.5, 0.6) is 0 Å². The molecule has 0 unspecified atom stereocenters. The average molecular weight is 875 g/mol. The second kappa shape index (κ2) is 22.3. The number of ether oxygens (including phenoxy) is 1. The number of carbonyl (C=O) groups excluding carboxylic acids is 4. The van der Waals surface area contributed by atoms with Crippen LogP contribution >= 0.6 is 54.0 Å². The van der Waals surface area contributed by atoms with Crippen LogP contribution in [0.1, 0.15) is 77.1 Å². The predicted molar refractivity (Wildman–Crippen MR) is 244 cm³/mol. The van der Waals surface area contributed by atoms with Crippen LogP contribution in [-0.2, 0) is 19.1 Å². The van der Waals surface area contributed by atoms with Gasteiger partial charge in [-0.25, -0.2) is 14.8 Å². The maximum atomic E-state index is 13.5. The summed E-state index contributed by atoms with van der Waals surface area (Å²) in [5.41, 5.74) is 5.73. The van der Waals surface area contributed by atoms with E-state index in [-0.39, 0.29) is 89.7 Å². The summed E-state index contributed by atoms with van der Waals surface area (Å²) in [6.45, 7) is 8.04. The zero-order valence-corrected chi connectivity index (χ0v) is 37.5. The Bertz CT molecular complexity index is 1820. The van der Waals surface area contributed by atoms with E-state index in [9.17, 15) is 24.3 Å². The Morgan fingerprint density at radius 2 is 1.07 bits per heavy atom. The molecule has 4 amide bonds. The first-order chi connectivity index (χ1) is 26.0. The number of nitrogens with one attached hydrogen (secondary N) is 4. The number of rotatable bonds is 12. The summed E-state index contributed by atoms with van der Waals surface area (Å²) < 4.78 is 4.75. The number of benzene rings is 2. The monoisotopic (exact) mass is 874 g/mol. The summed E-state index contributed by atoms with van der Waals surface area (Å²) in [5, 5.41) is 14.6. The van der Waals surface area contributed by atoms with Crippen molar-refractivity contribution in [1.82, 2.24) is 40.4 Å². The lowest BCUT2D eigenvalue weighted by atomic mass is 10.0. The third kappa shape index (κ3) is 11.1. The highest BCUT2D eigenvalue weighted by atomic mass is 32.1. The SMILES string of the molecule is COC(=O)N[C@H](C(=O)N1CCC[C@H]1c1ncc(-c2ccc(-c3ccc(-c4cnc([C@@H]5CCCN5C(=O)[C@@H](NC(=O)CO)C(C)C)[nH]4)cc3)cc2)[nH]1)C(C)C.S.S.S.S. The van der Waals surface area contributed by atoms with E-state index < -0.39 is 30.7 Å². The maximum absolute atomic E-state index is 13.5. The van der Waals surface area contributed by atoms with Crippen molar-refractivity contribution in [2.45, 2.75) is 77.5 Å². The minimum absolute atomic E-state index is 0. The topological polar surface area (TPSA) is 186 Å². The summed E-state index contributed by atoms with van der Waals surface area (Å²) in [5.74, 6) is 0.296. The summed E-state index contributed by atoms with van der Waals surface area (Å²) in [6.07, 6.45) is 6.17. The first-order valence-corrected chi connectivity index (χ1v) is 18.7. The summed E-state index contributed by atoms with van der Waals surface area (Å²) in [4.78, 5) is 70.6. The highest BCUT2D eigenvalue weighted by Gasteiger charge is 2.38. The molecular formula is C40H58N8O6S4. The van der Waals surface area contributed by atoms with Crippen LogP contribution in [0.2, 0.25) is 0 Å². The van der Waals surface area contributed by atoms with Crippen molar-refractivity contribution in [2.75, 3.05) is 26.8 Å². The summed E-state index contributed by atoms with van der Waals surface area (Å²) in [7, 11) is 1.29. The fourth-order valence-corrected chi connectivity index (χ4v) is 7.41. The quantitative estimate of drug-likeness (QED) is 0.125. The van der Waals surface area contributed by atoms with Gasteiger partial charge in [0.25, 0.3) is 0 Å². The van der Waals surface area contributed by atoms with Crippen molar-refractivity contribution < 1.29 is 29.0 Å². The van der Waals surface area contributed by atoms with Gasteiger partial charge in [-0.2, -0.15) is 54.0 Å². The fourth-order valence-electron chi connectivity index (χ4n) is 7.41. The van der Waals surface area contributed by atoms with Gasteiger partial charge in [0.15, 0.2) is 0 Å². The van der Waals surface area contributed by atoms with E-state index in [1.165, 1.54) is 7.11 Å². The molecule has 2 aromatic heterocycles. The van der Waals surface area contributed by atoms with Crippen LogP contribution in [-0.4, -0.2) is 97.5 Å². The third-order valence-electron chi connectivity index (χ3n) is 10.4. The number of carbonyl (C=O) groups is 4. The molecule has 2 aliphatic rings. The number of methoxy groups -OCH3 is 1. The second-order valence-electron chi connectivity index (χ2n) is 14.7. The van der Waals surface area contributed by atoms with Gasteiger partial charge in [-0.3, -0.25) is 14.4 Å². The van der Waals surface area contributed by atoms with Gasteiger partial charge in [-0.15, -0.1) is 0 Å². The van der Waals surface area contributed by atoms with E-state index in [0.717, 1.165) is 65.1 Å². The number of aliphatic hydroxyl groups excluding tert-OH is 1. The zero-order chi connectivity index (χ0) is 38.5. The molecule has 318 valence electrons. The molecule has 58 heavy (non-hydrogen) atoms. The lowest BCUT2D eigenvalue weighted by Gasteiger charge is -2.30. The normalized spacial score (nSPS) is 17.0. The first-order valence-electron chi connectivity index (χ1n) is 18.7. The number of aliphatic hydroxyl groups is 1. The molecule has 2 aromatic carbocycles. The Labute approximate surface area is 367 Å². The Hall–Kier alpha value is -4.10. The number of nitrogens with zero attached hydrogens (tertiary/aromatic N) is 4. The molecule has 0 saturated carbocycles. The number of imidazole rings is 2. The van der Waals surface area contributed by atoms with E-state index in [1.807, 2.05) is 52.0 Å². The summed E-state index contributed by atoms with van der Waals surface area (Å²) in [6, 6.07) is 14.6. The molecule has 14 nitrogen and oxygen atoms in total. The number of likely N-dealkylation sites (tertiary alicyclic amines) is 2. The Balaban J connectivity index is 0.00000290. The minimum Gasteiger partial charge on any atom is -0.453 e. The molecule has 2 fully saturated rings. The molecule has 6 rings (SSSR count). The largest absolute Gasteiger partial charge is 0.453 e. The fraction of sp³-hybridized carbons (Fsp3) is 0.450. The molecule has 0 radical (unpaired) electrons.